The summed E-state index contributed by atoms with van der Waals surface area (Å²) in [5, 5.41) is 9.40. The molecule has 8 fully saturated rings. The van der Waals surface area contributed by atoms with Crippen LogP contribution in [0.25, 0.3) is 33.1 Å². The zero-order chi connectivity index (χ0) is 60.0. The largest absolute Gasteiger partial charge is 0.488 e. The third kappa shape index (κ3) is 15.9. The number of anilines is 3. The number of fused-ring (bicyclic) bond motifs is 3. The topological polar surface area (TPSA) is 248 Å². The van der Waals surface area contributed by atoms with Crippen LogP contribution in [-0.4, -0.2) is 189 Å². The van der Waals surface area contributed by atoms with E-state index < -0.39 is 0 Å². The Morgan fingerprint density at radius 3 is 1.03 bits per heavy atom. The van der Waals surface area contributed by atoms with Crippen LogP contribution >= 0.6 is 0 Å². The number of carbonyl (C=O) groups is 3. The van der Waals surface area contributed by atoms with E-state index in [1.54, 1.807) is 44.1 Å². The van der Waals surface area contributed by atoms with Gasteiger partial charge >= 0.3 is 0 Å². The molecule has 3 aliphatic carbocycles. The summed E-state index contributed by atoms with van der Waals surface area (Å²) in [4.78, 5) is 69.7. The van der Waals surface area contributed by atoms with E-state index in [9.17, 15) is 14.4 Å². The van der Waals surface area contributed by atoms with Crippen LogP contribution in [-0.2, 0) is 38.1 Å². The normalized spacial score (nSPS) is 25.1. The highest BCUT2D eigenvalue weighted by Gasteiger charge is 2.33. The molecule has 0 bridgehead atoms. The second kappa shape index (κ2) is 29.8. The molecule has 5 aliphatic heterocycles. The van der Waals surface area contributed by atoms with Crippen molar-refractivity contribution in [2.24, 2.45) is 11.8 Å². The lowest BCUT2D eigenvalue weighted by Crippen LogP contribution is -2.47. The lowest BCUT2D eigenvalue weighted by atomic mass is 9.92. The number of hydrogen-bond acceptors (Lipinski definition) is 20. The molecule has 14 rings (SSSR count). The molecule has 6 aromatic rings. The van der Waals surface area contributed by atoms with Crippen molar-refractivity contribution in [1.82, 2.24) is 45.9 Å². The molecule has 0 radical (unpaired) electrons. The van der Waals surface area contributed by atoms with E-state index in [2.05, 4.69) is 97.0 Å². The molecule has 1 atom stereocenters. The maximum atomic E-state index is 12.4. The van der Waals surface area contributed by atoms with Gasteiger partial charge in [0.1, 0.15) is 33.8 Å². The average molecular weight is 1210 g/mol. The molecule has 3 aromatic carbocycles. The number of hydrogen-bond donors (Lipinski definition) is 3. The van der Waals surface area contributed by atoms with Crippen LogP contribution in [0.3, 0.4) is 0 Å². The minimum Gasteiger partial charge on any atom is -0.488 e. The number of nitrogens with one attached hydrogen (secondary N) is 3. The summed E-state index contributed by atoms with van der Waals surface area (Å²) in [6.45, 7) is 13.5. The Hall–Kier alpha value is -7.31. The molecule has 0 spiro atoms. The van der Waals surface area contributed by atoms with Gasteiger partial charge in [-0.15, -0.1) is 0 Å². The first kappa shape index (κ1) is 61.0. The highest BCUT2D eigenvalue weighted by Crippen LogP contribution is 2.37. The van der Waals surface area contributed by atoms with E-state index in [1.807, 2.05) is 0 Å². The fraction of sp³-hybridized carbons (Fsp3) is 0.585. The molecule has 470 valence electrons. The summed E-state index contributed by atoms with van der Waals surface area (Å²) in [5.74, 6) is 2.74. The SMILES string of the molecule is CC(=O)NC1CCC(Oc2cc(N3CCOCC3)cc3nccnc23)CC1.O=C(NC1CCC(Oc2cc(N3CCOCC3)cc3nccnc23)CC1)C1CCOC1.O=C(NC1CCC(Oc2cc(N3CCOCC3)cc3nccnc23)CC1)C1COC1. The average Bonchev–Trinajstić information content (AvgIpc) is 2.12. The highest BCUT2D eigenvalue weighted by molar-refractivity contribution is 5.87. The molecule has 5 saturated heterocycles. The van der Waals surface area contributed by atoms with Crippen molar-refractivity contribution in [2.45, 2.75) is 127 Å². The smallest absolute Gasteiger partial charge is 0.228 e. The maximum Gasteiger partial charge on any atom is 0.228 e. The Labute approximate surface area is 513 Å². The van der Waals surface area contributed by atoms with E-state index in [4.69, 9.17) is 37.9 Å². The predicted molar refractivity (Wildman–Crippen MR) is 331 cm³/mol. The standard InChI is InChI=1S/C23H30N4O4.C22H28N4O4.C20H26N4O3/c28-23(16-5-10-30-15-16)26-17-1-3-19(4-2-17)31-21-14-18(27-8-11-29-12-9-27)13-20-22(21)25-7-6-24-20;27-22(15-13-29-14-15)25-16-1-3-18(4-2-16)30-20-12-17(26-7-9-28-10-8-26)11-19-21(20)24-6-5-23-19;1-14(25)23-15-2-4-17(5-3-15)27-19-13-16(24-8-10-26-11-9-24)12-18-20(19)22-7-6-21-18/h6-7,13-14,16-17,19H,1-5,8-12,15H2,(H,26,28);5-6,11-12,15-16,18H,1-4,7-10,13-14H2,(H,25,27);6-7,12-13,15,17H,2-5,8-11H2,1H3,(H,23,25). The lowest BCUT2D eigenvalue weighted by Gasteiger charge is -2.33. The molecule has 3 amide bonds. The number of ether oxygens (including phenoxy) is 8. The summed E-state index contributed by atoms with van der Waals surface area (Å²) in [6.07, 6.45) is 22.6. The van der Waals surface area contributed by atoms with Crippen molar-refractivity contribution in [3.8, 4) is 17.2 Å². The number of amides is 3. The first-order valence-electron chi connectivity index (χ1n) is 32.0. The predicted octanol–water partition coefficient (Wildman–Crippen LogP) is 6.52. The Bertz CT molecular complexity index is 3280. The van der Waals surface area contributed by atoms with Crippen molar-refractivity contribution in [2.75, 3.05) is 120 Å². The van der Waals surface area contributed by atoms with Crippen molar-refractivity contribution in [1.29, 1.82) is 0 Å². The first-order valence-corrected chi connectivity index (χ1v) is 32.0. The molecule has 8 heterocycles. The lowest BCUT2D eigenvalue weighted by molar-refractivity contribution is -0.140. The van der Waals surface area contributed by atoms with Crippen molar-refractivity contribution >= 4 is 67.9 Å². The van der Waals surface area contributed by atoms with Gasteiger partial charge in [0.2, 0.25) is 17.7 Å². The Balaban J connectivity index is 0.000000129. The molecule has 1 unspecified atom stereocenters. The molecule has 23 heteroatoms. The molecule has 3 N–H and O–H groups in total. The zero-order valence-electron chi connectivity index (χ0n) is 50.6. The van der Waals surface area contributed by atoms with Crippen LogP contribution in [0.15, 0.2) is 73.6 Å². The van der Waals surface area contributed by atoms with Gasteiger partial charge in [-0.25, -0.2) is 15.0 Å². The van der Waals surface area contributed by atoms with E-state index >= 15 is 0 Å². The fourth-order valence-electron chi connectivity index (χ4n) is 12.9. The zero-order valence-corrected chi connectivity index (χ0v) is 50.6. The first-order chi connectivity index (χ1) is 43.2. The number of nitrogens with zero attached hydrogens (tertiary/aromatic N) is 9. The van der Waals surface area contributed by atoms with Gasteiger partial charge in [0.25, 0.3) is 0 Å². The van der Waals surface area contributed by atoms with Crippen molar-refractivity contribution in [3.05, 3.63) is 73.6 Å². The van der Waals surface area contributed by atoms with E-state index in [-0.39, 0.29) is 66.0 Å². The van der Waals surface area contributed by atoms with Crippen LogP contribution in [0.1, 0.15) is 90.4 Å². The molecular formula is C65H84N12O11. The second-order valence-electron chi connectivity index (χ2n) is 24.2. The molecule has 8 aliphatic rings. The van der Waals surface area contributed by atoms with Gasteiger partial charge in [-0.1, -0.05) is 0 Å². The summed E-state index contributed by atoms with van der Waals surface area (Å²) >= 11 is 0. The van der Waals surface area contributed by atoms with Gasteiger partial charge in [0.05, 0.1) is 106 Å². The van der Waals surface area contributed by atoms with Gasteiger partial charge in [0, 0.05) is 143 Å². The monoisotopic (exact) mass is 1210 g/mol. The Morgan fingerprint density at radius 1 is 0.386 bits per heavy atom. The van der Waals surface area contributed by atoms with Gasteiger partial charge in [-0.2, -0.15) is 0 Å². The summed E-state index contributed by atoms with van der Waals surface area (Å²) in [7, 11) is 0. The number of aromatic nitrogens is 6. The van der Waals surface area contributed by atoms with E-state index in [1.165, 1.54) is 0 Å². The van der Waals surface area contributed by atoms with Gasteiger partial charge in [-0.3, -0.25) is 29.3 Å². The van der Waals surface area contributed by atoms with Gasteiger partial charge < -0.3 is 68.5 Å². The van der Waals surface area contributed by atoms with Crippen molar-refractivity contribution < 1.29 is 52.3 Å². The Kier molecular flexibility index (Phi) is 20.6. The molecule has 88 heavy (non-hydrogen) atoms. The fourth-order valence-corrected chi connectivity index (χ4v) is 12.9. The molecular weight excluding hydrogens is 1120 g/mol. The quantitative estimate of drug-likeness (QED) is 0.105. The number of benzene rings is 3. The summed E-state index contributed by atoms with van der Waals surface area (Å²) < 4.78 is 46.2. The third-order valence-corrected chi connectivity index (χ3v) is 18.0. The molecule has 3 saturated carbocycles. The number of morpholine rings is 3. The van der Waals surface area contributed by atoms with E-state index in [0.717, 1.165) is 230 Å². The second-order valence-corrected chi connectivity index (χ2v) is 24.2. The van der Waals surface area contributed by atoms with Gasteiger partial charge in [0.15, 0.2) is 0 Å². The van der Waals surface area contributed by atoms with Crippen LogP contribution < -0.4 is 44.9 Å². The maximum absolute atomic E-state index is 12.4. The number of rotatable bonds is 14. The minimum absolute atomic E-state index is 0.0156. The Morgan fingerprint density at radius 2 is 0.716 bits per heavy atom. The minimum atomic E-state index is 0.0156. The third-order valence-electron chi connectivity index (χ3n) is 18.0. The van der Waals surface area contributed by atoms with Crippen LogP contribution in [0, 0.1) is 11.8 Å². The van der Waals surface area contributed by atoms with Crippen LogP contribution in [0.5, 0.6) is 17.2 Å². The molecule has 3 aromatic heterocycles. The number of carbonyl (C=O) groups excluding carboxylic acids is 3. The van der Waals surface area contributed by atoms with Crippen LogP contribution in [0.2, 0.25) is 0 Å². The summed E-state index contributed by atoms with van der Waals surface area (Å²) in [5.41, 5.74) is 8.26. The highest BCUT2D eigenvalue weighted by atomic mass is 16.5. The molecule has 23 nitrogen and oxygen atoms in total. The van der Waals surface area contributed by atoms with Crippen LogP contribution in [0.4, 0.5) is 17.1 Å². The summed E-state index contributed by atoms with van der Waals surface area (Å²) in [6, 6.07) is 13.2. The van der Waals surface area contributed by atoms with E-state index in [0.29, 0.717) is 26.4 Å². The van der Waals surface area contributed by atoms with Gasteiger partial charge in [-0.05, 0) is 102 Å². The van der Waals surface area contributed by atoms with Crippen molar-refractivity contribution in [3.63, 3.8) is 0 Å².